The summed E-state index contributed by atoms with van der Waals surface area (Å²) in [4.78, 5) is 12.5. The van der Waals surface area contributed by atoms with Crippen LogP contribution >= 0.6 is 23.2 Å². The van der Waals surface area contributed by atoms with E-state index in [1.807, 2.05) is 0 Å². The van der Waals surface area contributed by atoms with Gasteiger partial charge in [0.25, 0.3) is 0 Å². The van der Waals surface area contributed by atoms with Crippen molar-refractivity contribution in [3.8, 4) is 11.5 Å². The van der Waals surface area contributed by atoms with Crippen molar-refractivity contribution in [2.75, 3.05) is 0 Å². The van der Waals surface area contributed by atoms with E-state index in [2.05, 4.69) is 0 Å². The average molecular weight is 447 g/mol. The van der Waals surface area contributed by atoms with Gasteiger partial charge >= 0.3 is 10.1 Å². The molecule has 4 rings (SSSR count). The third-order valence-corrected chi connectivity index (χ3v) is 5.88. The Morgan fingerprint density at radius 2 is 1.48 bits per heavy atom. The number of benzene rings is 3. The minimum Gasteiger partial charge on any atom is -0.452 e. The summed E-state index contributed by atoms with van der Waals surface area (Å²) in [5.41, 5.74) is 1.06. The molecule has 0 N–H and O–H groups in total. The fraction of sp³-hybridized carbons (Fsp3) is 0. The van der Waals surface area contributed by atoms with Crippen LogP contribution in [0.5, 0.6) is 11.5 Å². The summed E-state index contributed by atoms with van der Waals surface area (Å²) in [6.07, 6.45) is 1.59. The van der Waals surface area contributed by atoms with Crippen molar-refractivity contribution in [3.05, 3.63) is 93.7 Å². The number of hydrogen-bond acceptors (Lipinski definition) is 5. The molecule has 0 saturated heterocycles. The molecule has 0 fully saturated rings. The second-order valence-corrected chi connectivity index (χ2v) is 8.56. The van der Waals surface area contributed by atoms with Crippen molar-refractivity contribution in [1.29, 1.82) is 0 Å². The van der Waals surface area contributed by atoms with E-state index in [0.29, 0.717) is 15.6 Å². The number of rotatable bonds is 4. The van der Waals surface area contributed by atoms with Crippen LogP contribution in [0.25, 0.3) is 6.08 Å². The van der Waals surface area contributed by atoms with Gasteiger partial charge in [-0.3, -0.25) is 4.79 Å². The molecular weight excluding hydrogens is 435 g/mol. The van der Waals surface area contributed by atoms with Crippen LogP contribution in [0.1, 0.15) is 15.9 Å². The smallest absolute Gasteiger partial charge is 0.339 e. The van der Waals surface area contributed by atoms with Crippen molar-refractivity contribution in [1.82, 2.24) is 0 Å². The normalized spacial score (nSPS) is 14.6. The number of hydrogen-bond donors (Lipinski definition) is 0. The molecule has 1 aliphatic heterocycles. The van der Waals surface area contributed by atoms with Gasteiger partial charge in [0.1, 0.15) is 16.4 Å². The SMILES string of the molecule is O=C1/C(=C/c2ccc(Cl)cc2)Oc2cc(OS(=O)(=O)c3ccc(Cl)cc3)ccc21. The predicted molar refractivity (Wildman–Crippen MR) is 110 cm³/mol. The van der Waals surface area contributed by atoms with Crippen molar-refractivity contribution >= 4 is 45.2 Å². The zero-order chi connectivity index (χ0) is 20.6. The zero-order valence-corrected chi connectivity index (χ0v) is 17.0. The number of halogens is 2. The number of carbonyl (C=O) groups is 1. The van der Waals surface area contributed by atoms with E-state index in [-0.39, 0.29) is 27.9 Å². The first kappa shape index (κ1) is 19.5. The average Bonchev–Trinajstić information content (AvgIpc) is 2.98. The van der Waals surface area contributed by atoms with E-state index < -0.39 is 10.1 Å². The van der Waals surface area contributed by atoms with E-state index in [4.69, 9.17) is 32.1 Å². The van der Waals surface area contributed by atoms with Crippen molar-refractivity contribution < 1.29 is 22.1 Å². The second-order valence-electron chi connectivity index (χ2n) is 6.14. The third-order valence-electron chi connectivity index (χ3n) is 4.12. The van der Waals surface area contributed by atoms with Crippen LogP contribution in [-0.2, 0) is 10.1 Å². The van der Waals surface area contributed by atoms with Crippen LogP contribution in [0.3, 0.4) is 0 Å². The fourth-order valence-electron chi connectivity index (χ4n) is 2.71. The molecule has 0 saturated carbocycles. The molecule has 0 amide bonds. The van der Waals surface area contributed by atoms with E-state index >= 15 is 0 Å². The molecule has 0 radical (unpaired) electrons. The topological polar surface area (TPSA) is 69.7 Å². The maximum Gasteiger partial charge on any atom is 0.339 e. The lowest BCUT2D eigenvalue weighted by Crippen LogP contribution is -2.09. The highest BCUT2D eigenvalue weighted by Crippen LogP contribution is 2.35. The minimum atomic E-state index is -4.05. The Kier molecular flexibility index (Phi) is 5.08. The maximum absolute atomic E-state index is 12.5. The molecule has 3 aromatic carbocycles. The number of ether oxygens (including phenoxy) is 1. The van der Waals surface area contributed by atoms with Gasteiger partial charge in [-0.1, -0.05) is 35.3 Å². The van der Waals surface area contributed by atoms with Crippen LogP contribution in [0.4, 0.5) is 0 Å². The van der Waals surface area contributed by atoms with Crippen molar-refractivity contribution in [2.45, 2.75) is 4.90 Å². The molecule has 3 aromatic rings. The lowest BCUT2D eigenvalue weighted by Gasteiger charge is -2.08. The fourth-order valence-corrected chi connectivity index (χ4v) is 3.88. The van der Waals surface area contributed by atoms with Crippen LogP contribution in [-0.4, -0.2) is 14.2 Å². The van der Waals surface area contributed by atoms with Gasteiger partial charge in [0.05, 0.1) is 5.56 Å². The van der Waals surface area contributed by atoms with Gasteiger partial charge < -0.3 is 8.92 Å². The Balaban J connectivity index is 1.59. The molecular formula is C21H12Cl2O5S. The van der Waals surface area contributed by atoms with Crippen molar-refractivity contribution in [2.24, 2.45) is 0 Å². The quantitative estimate of drug-likeness (QED) is 0.397. The predicted octanol–water partition coefficient (Wildman–Crippen LogP) is 5.38. The molecule has 5 nitrogen and oxygen atoms in total. The summed E-state index contributed by atoms with van der Waals surface area (Å²) in [5.74, 6) is 0.0698. The van der Waals surface area contributed by atoms with Crippen molar-refractivity contribution in [3.63, 3.8) is 0 Å². The number of Topliss-reactive ketones (excluding diaryl/α,β-unsaturated/α-hetero) is 1. The van der Waals surface area contributed by atoms with Gasteiger partial charge in [-0.25, -0.2) is 0 Å². The highest BCUT2D eigenvalue weighted by molar-refractivity contribution is 7.87. The molecule has 146 valence electrons. The van der Waals surface area contributed by atoms with Crippen LogP contribution in [0, 0.1) is 0 Å². The van der Waals surface area contributed by atoms with E-state index in [1.54, 1.807) is 30.3 Å². The van der Waals surface area contributed by atoms with Crippen LogP contribution < -0.4 is 8.92 Å². The second kappa shape index (κ2) is 7.55. The number of allylic oxidation sites excluding steroid dienone is 1. The molecule has 1 aliphatic rings. The Morgan fingerprint density at radius 1 is 0.862 bits per heavy atom. The van der Waals surface area contributed by atoms with Gasteiger partial charge in [0.15, 0.2) is 5.76 Å². The van der Waals surface area contributed by atoms with E-state index in [0.717, 1.165) is 5.56 Å². The highest BCUT2D eigenvalue weighted by Gasteiger charge is 2.28. The van der Waals surface area contributed by atoms with Gasteiger partial charge in [-0.05, 0) is 60.2 Å². The van der Waals surface area contributed by atoms with Crippen LogP contribution in [0.15, 0.2) is 77.4 Å². The molecule has 29 heavy (non-hydrogen) atoms. The molecule has 0 aliphatic carbocycles. The van der Waals surface area contributed by atoms with E-state index in [9.17, 15) is 13.2 Å². The summed E-state index contributed by atoms with van der Waals surface area (Å²) >= 11 is 11.6. The van der Waals surface area contributed by atoms with Gasteiger partial charge in [-0.15, -0.1) is 0 Å². The Morgan fingerprint density at radius 3 is 2.14 bits per heavy atom. The molecule has 0 aromatic heterocycles. The third kappa shape index (κ3) is 4.15. The zero-order valence-electron chi connectivity index (χ0n) is 14.6. The lowest BCUT2D eigenvalue weighted by molar-refractivity contribution is 0.101. The largest absolute Gasteiger partial charge is 0.452 e. The molecule has 0 unspecified atom stereocenters. The standard InChI is InChI=1S/C21H12Cl2O5S/c22-14-3-1-13(2-4-14)11-20-21(24)18-10-7-16(12-19(18)27-20)28-29(25,26)17-8-5-15(23)6-9-17/h1-12H/b20-11-. The number of carbonyl (C=O) groups excluding carboxylic acids is 1. The van der Waals surface area contributed by atoms with Crippen LogP contribution in [0.2, 0.25) is 10.0 Å². The maximum atomic E-state index is 12.5. The first-order valence-electron chi connectivity index (χ1n) is 8.36. The highest BCUT2D eigenvalue weighted by atomic mass is 35.5. The summed E-state index contributed by atoms with van der Waals surface area (Å²) in [6.45, 7) is 0. The van der Waals surface area contributed by atoms with Gasteiger partial charge in [0.2, 0.25) is 5.78 Å². The monoisotopic (exact) mass is 446 g/mol. The van der Waals surface area contributed by atoms with Gasteiger partial charge in [0, 0.05) is 16.1 Å². The minimum absolute atomic E-state index is 0.0271. The molecule has 0 atom stereocenters. The summed E-state index contributed by atoms with van der Waals surface area (Å²) in [7, 11) is -4.05. The number of fused-ring (bicyclic) bond motifs is 1. The van der Waals surface area contributed by atoms with Gasteiger partial charge in [-0.2, -0.15) is 8.42 Å². The summed E-state index contributed by atoms with van der Waals surface area (Å²) in [6, 6.07) is 16.7. The molecule has 1 heterocycles. The number of ketones is 1. The first-order chi connectivity index (χ1) is 13.8. The molecule has 8 heteroatoms. The summed E-state index contributed by atoms with van der Waals surface area (Å²) in [5, 5.41) is 0.992. The molecule has 0 bridgehead atoms. The Labute approximate surface area is 177 Å². The Hall–Kier alpha value is -2.80. The Bertz CT molecular complexity index is 1230. The first-order valence-corrected chi connectivity index (χ1v) is 10.5. The molecule has 0 spiro atoms. The van der Waals surface area contributed by atoms with E-state index in [1.165, 1.54) is 42.5 Å². The summed E-state index contributed by atoms with van der Waals surface area (Å²) < 4.78 is 35.6. The lowest BCUT2D eigenvalue weighted by atomic mass is 10.1.